The fourth-order valence-corrected chi connectivity index (χ4v) is 4.38. The third-order valence-electron chi connectivity index (χ3n) is 6.16. The number of unbranched alkanes of at least 4 members (excludes halogenated alkanes) is 2. The summed E-state index contributed by atoms with van der Waals surface area (Å²) < 4.78 is 34.7. The first kappa shape index (κ1) is 29.9. The minimum absolute atomic E-state index is 0.00355. The van der Waals surface area contributed by atoms with E-state index in [1.807, 2.05) is 6.08 Å². The third-order valence-corrected chi connectivity index (χ3v) is 6.16. The molecule has 0 aliphatic rings. The van der Waals surface area contributed by atoms with Crippen molar-refractivity contribution in [2.75, 3.05) is 6.61 Å². The molecule has 5 nitrogen and oxygen atoms in total. The topological polar surface area (TPSA) is 75.6 Å². The van der Waals surface area contributed by atoms with Gasteiger partial charge in [0.15, 0.2) is 0 Å². The number of allylic oxidation sites excluding steroid dienone is 1. The molecule has 7 heteroatoms. The van der Waals surface area contributed by atoms with Crippen molar-refractivity contribution in [3.8, 4) is 11.1 Å². The predicted molar refractivity (Wildman–Crippen MR) is 142 cm³/mol. The molecule has 0 spiro atoms. The molecule has 2 aromatic carbocycles. The van der Waals surface area contributed by atoms with Gasteiger partial charge in [-0.05, 0) is 98.5 Å². The van der Waals surface area contributed by atoms with Crippen molar-refractivity contribution in [1.29, 1.82) is 0 Å². The number of amides is 1. The number of benzene rings is 2. The van der Waals surface area contributed by atoms with E-state index in [2.05, 4.69) is 18.5 Å². The normalized spacial score (nSPS) is 12.5. The van der Waals surface area contributed by atoms with Gasteiger partial charge >= 0.3 is 5.97 Å². The van der Waals surface area contributed by atoms with Crippen molar-refractivity contribution in [2.45, 2.75) is 71.4 Å². The Bertz CT molecular complexity index is 1130. The van der Waals surface area contributed by atoms with E-state index in [0.717, 1.165) is 30.4 Å². The second kappa shape index (κ2) is 14.4. The summed E-state index contributed by atoms with van der Waals surface area (Å²) in [6.07, 6.45) is 4.75. The maximum atomic E-state index is 15.3. The van der Waals surface area contributed by atoms with Gasteiger partial charge in [0.2, 0.25) is 5.91 Å². The Morgan fingerprint density at radius 1 is 1.08 bits per heavy atom. The quantitative estimate of drug-likeness (QED) is 0.179. The zero-order valence-electron chi connectivity index (χ0n) is 21.9. The van der Waals surface area contributed by atoms with Gasteiger partial charge in [-0.15, -0.1) is 13.2 Å². The van der Waals surface area contributed by atoms with Gasteiger partial charge in [-0.2, -0.15) is 0 Å². The van der Waals surface area contributed by atoms with Crippen LogP contribution in [-0.2, 0) is 20.7 Å². The number of nitrogens with one attached hydrogen (secondary N) is 1. The lowest BCUT2D eigenvalue weighted by molar-refractivity contribution is -0.144. The summed E-state index contributed by atoms with van der Waals surface area (Å²) in [5, 5.41) is 12.7. The lowest BCUT2D eigenvalue weighted by atomic mass is 9.87. The van der Waals surface area contributed by atoms with Crippen molar-refractivity contribution in [3.05, 3.63) is 83.5 Å². The van der Waals surface area contributed by atoms with Gasteiger partial charge in [-0.3, -0.25) is 9.59 Å². The van der Waals surface area contributed by atoms with Crippen molar-refractivity contribution < 1.29 is 28.2 Å². The molecule has 1 amide bonds. The van der Waals surface area contributed by atoms with Crippen LogP contribution < -0.4 is 5.32 Å². The van der Waals surface area contributed by atoms with Crippen LogP contribution in [0.4, 0.5) is 8.78 Å². The van der Waals surface area contributed by atoms with Gasteiger partial charge in [-0.25, -0.2) is 8.78 Å². The number of hydrogen-bond donors (Lipinski definition) is 2. The van der Waals surface area contributed by atoms with E-state index in [4.69, 9.17) is 4.74 Å². The summed E-state index contributed by atoms with van der Waals surface area (Å²) in [6.45, 7) is 12.6. The van der Waals surface area contributed by atoms with Crippen molar-refractivity contribution >= 4 is 11.9 Å². The minimum atomic E-state index is -1.39. The molecule has 0 saturated heterocycles. The van der Waals surface area contributed by atoms with Gasteiger partial charge in [0.25, 0.3) is 0 Å². The summed E-state index contributed by atoms with van der Waals surface area (Å²) in [4.78, 5) is 24.9. The Morgan fingerprint density at radius 2 is 1.81 bits per heavy atom. The molecule has 0 saturated carbocycles. The Kier molecular flexibility index (Phi) is 11.7. The van der Waals surface area contributed by atoms with Crippen molar-refractivity contribution in [2.24, 2.45) is 0 Å². The Balaban J connectivity index is 2.59. The highest BCUT2D eigenvalue weighted by atomic mass is 19.1. The number of rotatable bonds is 14. The first-order valence-electron chi connectivity index (χ1n) is 12.6. The first-order valence-corrected chi connectivity index (χ1v) is 12.6. The zero-order valence-corrected chi connectivity index (χ0v) is 21.9. The molecular weight excluding hydrogens is 476 g/mol. The number of aliphatic hydroxyl groups excluding tert-OH is 1. The molecule has 0 aromatic heterocycles. The molecule has 200 valence electrons. The van der Waals surface area contributed by atoms with Gasteiger partial charge in [-0.1, -0.05) is 12.2 Å². The Morgan fingerprint density at radius 3 is 2.46 bits per heavy atom. The molecule has 0 fully saturated rings. The number of hydrogen-bond acceptors (Lipinski definition) is 4. The number of carbonyl (C=O) groups is 2. The number of halogens is 2. The monoisotopic (exact) mass is 513 g/mol. The molecule has 0 heterocycles. The predicted octanol–water partition coefficient (Wildman–Crippen LogP) is 6.19. The summed E-state index contributed by atoms with van der Waals surface area (Å²) >= 11 is 0. The SMILES string of the molecule is C=CCCCCc1cc(F)cc(C)c1-c1cc([C@H](CC(=O)OCC)NC(=O)[C@H](O)CC=C)c(F)cc1C. The molecule has 0 aliphatic carbocycles. The minimum Gasteiger partial charge on any atom is -0.466 e. The van der Waals surface area contributed by atoms with Crippen LogP contribution in [0.15, 0.2) is 49.6 Å². The maximum Gasteiger partial charge on any atom is 0.308 e. The molecule has 2 atom stereocenters. The molecule has 37 heavy (non-hydrogen) atoms. The molecule has 2 rings (SSSR count). The highest BCUT2D eigenvalue weighted by molar-refractivity contribution is 5.82. The standard InChI is InChI=1S/C30H37F2NO4/c1-6-9-10-11-13-21-16-22(31)14-20(5)29(21)23-17-24(25(32)15-19(23)4)26(18-28(35)37-8-3)33-30(36)27(34)12-7-2/h6-7,14-17,26-27,34H,1-2,8-13,18H2,3-5H3,(H,33,36)/t26-,27+/m0/s1. The Hall–Kier alpha value is -3.32. The van der Waals surface area contributed by atoms with Gasteiger partial charge in [0.1, 0.15) is 17.7 Å². The van der Waals surface area contributed by atoms with Crippen molar-refractivity contribution in [1.82, 2.24) is 5.32 Å². The molecule has 2 N–H and O–H groups in total. The summed E-state index contributed by atoms with van der Waals surface area (Å²) in [7, 11) is 0. The molecule has 0 radical (unpaired) electrons. The second-order valence-corrected chi connectivity index (χ2v) is 9.09. The van der Waals surface area contributed by atoms with Crippen LogP contribution in [0.5, 0.6) is 0 Å². The number of esters is 1. The van der Waals surface area contributed by atoms with Crippen LogP contribution in [0.2, 0.25) is 0 Å². The van der Waals surface area contributed by atoms with E-state index < -0.39 is 29.8 Å². The second-order valence-electron chi connectivity index (χ2n) is 9.09. The van der Waals surface area contributed by atoms with Gasteiger partial charge in [0.05, 0.1) is 19.1 Å². The first-order chi connectivity index (χ1) is 17.6. The average Bonchev–Trinajstić information content (AvgIpc) is 2.82. The molecule has 0 unspecified atom stereocenters. The van der Waals surface area contributed by atoms with Crippen LogP contribution in [0.3, 0.4) is 0 Å². The lowest BCUT2D eigenvalue weighted by Crippen LogP contribution is -2.38. The molecule has 0 aliphatic heterocycles. The van der Waals surface area contributed by atoms with E-state index in [-0.39, 0.29) is 30.8 Å². The number of aryl methyl sites for hydroxylation is 3. The average molecular weight is 514 g/mol. The fourth-order valence-electron chi connectivity index (χ4n) is 4.38. The van der Waals surface area contributed by atoms with Crippen LogP contribution in [0.1, 0.15) is 67.3 Å². The number of aliphatic hydroxyl groups is 1. The van der Waals surface area contributed by atoms with E-state index in [1.54, 1.807) is 26.8 Å². The smallest absolute Gasteiger partial charge is 0.308 e. The number of carbonyl (C=O) groups excluding carboxylic acids is 2. The van der Waals surface area contributed by atoms with Gasteiger partial charge in [0, 0.05) is 12.0 Å². The van der Waals surface area contributed by atoms with Gasteiger partial charge < -0.3 is 15.2 Å². The molecule has 0 bridgehead atoms. The summed E-state index contributed by atoms with van der Waals surface area (Å²) in [5.41, 5.74) is 3.70. The van der Waals surface area contributed by atoms with Crippen LogP contribution in [-0.4, -0.2) is 29.7 Å². The lowest BCUT2D eigenvalue weighted by Gasteiger charge is -2.23. The zero-order chi connectivity index (χ0) is 27.5. The van der Waals surface area contributed by atoms with E-state index in [1.165, 1.54) is 24.3 Å². The van der Waals surface area contributed by atoms with Crippen LogP contribution in [0.25, 0.3) is 11.1 Å². The fraction of sp³-hybridized carbons (Fsp3) is 0.400. The van der Waals surface area contributed by atoms with Crippen LogP contribution in [0, 0.1) is 25.5 Å². The highest BCUT2D eigenvalue weighted by Crippen LogP contribution is 2.36. The van der Waals surface area contributed by atoms with E-state index in [9.17, 15) is 19.1 Å². The van der Waals surface area contributed by atoms with Crippen molar-refractivity contribution in [3.63, 3.8) is 0 Å². The Labute approximate surface area is 218 Å². The summed E-state index contributed by atoms with van der Waals surface area (Å²) in [6, 6.07) is 4.81. The third kappa shape index (κ3) is 8.35. The maximum absolute atomic E-state index is 15.3. The molecule has 2 aromatic rings. The largest absolute Gasteiger partial charge is 0.466 e. The number of ether oxygens (including phenoxy) is 1. The van der Waals surface area contributed by atoms with Crippen LogP contribution >= 0.6 is 0 Å². The highest BCUT2D eigenvalue weighted by Gasteiger charge is 2.26. The van der Waals surface area contributed by atoms with E-state index >= 15 is 4.39 Å². The summed E-state index contributed by atoms with van der Waals surface area (Å²) in [5.74, 6) is -2.32. The molecular formula is C30H37F2NO4. The van der Waals surface area contributed by atoms with E-state index in [0.29, 0.717) is 23.1 Å².